The predicted molar refractivity (Wildman–Crippen MR) is 114 cm³/mol. The van der Waals surface area contributed by atoms with Crippen LogP contribution in [0.4, 0.5) is 5.69 Å². The second-order valence-corrected chi connectivity index (χ2v) is 7.30. The molecule has 2 N–H and O–H groups in total. The minimum atomic E-state index is -0.345. The summed E-state index contributed by atoms with van der Waals surface area (Å²) in [5.74, 6) is 0.452. The number of anilines is 1. The van der Waals surface area contributed by atoms with E-state index >= 15 is 0 Å². The first kappa shape index (κ1) is 21.0. The highest BCUT2D eigenvalue weighted by Crippen LogP contribution is 2.17. The lowest BCUT2D eigenvalue weighted by Gasteiger charge is -2.08. The van der Waals surface area contributed by atoms with Crippen molar-refractivity contribution in [2.45, 2.75) is 6.42 Å². The largest absolute Gasteiger partial charge is 0.492 e. The van der Waals surface area contributed by atoms with Gasteiger partial charge >= 0.3 is 0 Å². The van der Waals surface area contributed by atoms with Crippen LogP contribution in [-0.4, -0.2) is 25.0 Å². The van der Waals surface area contributed by atoms with Gasteiger partial charge in [-0.25, -0.2) is 0 Å². The van der Waals surface area contributed by atoms with E-state index in [0.717, 1.165) is 5.56 Å². The lowest BCUT2D eigenvalue weighted by Crippen LogP contribution is -2.29. The minimum absolute atomic E-state index is 0.109. The summed E-state index contributed by atoms with van der Waals surface area (Å²) in [6.07, 6.45) is 0.236. The number of amides is 2. The first-order valence-electron chi connectivity index (χ1n) is 8.80. The van der Waals surface area contributed by atoms with Gasteiger partial charge in [0.2, 0.25) is 5.91 Å². The molecule has 0 aliphatic heterocycles. The molecule has 1 aromatic heterocycles. The van der Waals surface area contributed by atoms with Crippen LogP contribution in [0.1, 0.15) is 16.1 Å². The van der Waals surface area contributed by atoms with Gasteiger partial charge in [-0.2, -0.15) is 0 Å². The zero-order valence-corrected chi connectivity index (χ0v) is 17.6. The zero-order valence-electron chi connectivity index (χ0n) is 15.3. The molecule has 8 heteroatoms. The molecule has 150 valence electrons. The molecule has 0 bridgehead atoms. The van der Waals surface area contributed by atoms with E-state index in [1.54, 1.807) is 60.7 Å². The maximum Gasteiger partial charge on any atom is 0.291 e. The third-order valence-corrected chi connectivity index (χ3v) is 4.56. The first-order chi connectivity index (χ1) is 14.0. The maximum absolute atomic E-state index is 12.0. The standard InChI is InChI=1S/C21H18BrClN2O4/c22-19-10-9-18(29-19)21(27)25-16-5-1-14(2-6-16)13-20(26)24-11-12-28-17-7-3-15(23)4-8-17/h1-10H,11-13H2,(H,24,26)(H,25,27). The summed E-state index contributed by atoms with van der Waals surface area (Å²) in [5, 5.41) is 6.18. The number of carbonyl (C=O) groups is 2. The minimum Gasteiger partial charge on any atom is -0.492 e. The molecule has 0 saturated heterocycles. The van der Waals surface area contributed by atoms with Crippen LogP contribution in [-0.2, 0) is 11.2 Å². The Bertz CT molecular complexity index is 971. The Morgan fingerprint density at radius 1 is 1.00 bits per heavy atom. The van der Waals surface area contributed by atoms with Crippen molar-refractivity contribution in [1.82, 2.24) is 5.32 Å². The Morgan fingerprint density at radius 2 is 1.72 bits per heavy atom. The monoisotopic (exact) mass is 476 g/mol. The van der Waals surface area contributed by atoms with Gasteiger partial charge in [-0.1, -0.05) is 23.7 Å². The number of hydrogen-bond acceptors (Lipinski definition) is 4. The van der Waals surface area contributed by atoms with Gasteiger partial charge in [0.05, 0.1) is 13.0 Å². The lowest BCUT2D eigenvalue weighted by molar-refractivity contribution is -0.120. The fourth-order valence-corrected chi connectivity index (χ4v) is 2.91. The average Bonchev–Trinajstić information content (AvgIpc) is 3.15. The molecule has 1 heterocycles. The van der Waals surface area contributed by atoms with E-state index in [4.69, 9.17) is 20.8 Å². The second kappa shape index (κ2) is 10.1. The van der Waals surface area contributed by atoms with Crippen LogP contribution >= 0.6 is 27.5 Å². The fraction of sp³-hybridized carbons (Fsp3) is 0.143. The molecule has 29 heavy (non-hydrogen) atoms. The van der Waals surface area contributed by atoms with Gasteiger partial charge in [-0.05, 0) is 70.0 Å². The molecule has 0 radical (unpaired) electrons. The van der Waals surface area contributed by atoms with Gasteiger partial charge in [-0.15, -0.1) is 0 Å². The van der Waals surface area contributed by atoms with Gasteiger partial charge in [0.25, 0.3) is 5.91 Å². The van der Waals surface area contributed by atoms with Crippen molar-refractivity contribution in [2.75, 3.05) is 18.5 Å². The highest BCUT2D eigenvalue weighted by Gasteiger charge is 2.11. The van der Waals surface area contributed by atoms with Gasteiger partial charge in [0.1, 0.15) is 12.4 Å². The van der Waals surface area contributed by atoms with Crippen LogP contribution in [0, 0.1) is 0 Å². The normalized spacial score (nSPS) is 10.4. The topological polar surface area (TPSA) is 80.6 Å². The molecule has 3 aromatic rings. The maximum atomic E-state index is 12.0. The number of carbonyl (C=O) groups excluding carboxylic acids is 2. The van der Waals surface area contributed by atoms with Gasteiger partial charge in [0, 0.05) is 10.7 Å². The highest BCUT2D eigenvalue weighted by molar-refractivity contribution is 9.10. The van der Waals surface area contributed by atoms with E-state index in [1.807, 2.05) is 0 Å². The van der Waals surface area contributed by atoms with Crippen LogP contribution < -0.4 is 15.4 Å². The Labute approximate surface area is 181 Å². The quantitative estimate of drug-likeness (QED) is 0.461. The average molecular weight is 478 g/mol. The Hall–Kier alpha value is -2.77. The van der Waals surface area contributed by atoms with Gasteiger partial charge in [-0.3, -0.25) is 9.59 Å². The summed E-state index contributed by atoms with van der Waals surface area (Å²) in [6, 6.07) is 17.3. The van der Waals surface area contributed by atoms with Crippen LogP contribution in [0.5, 0.6) is 5.75 Å². The molecular weight excluding hydrogens is 460 g/mol. The number of ether oxygens (including phenoxy) is 1. The van der Waals surface area contributed by atoms with E-state index in [9.17, 15) is 9.59 Å². The molecule has 2 amide bonds. The molecule has 0 aliphatic carbocycles. The summed E-state index contributed by atoms with van der Waals surface area (Å²) in [7, 11) is 0. The van der Waals surface area contributed by atoms with Crippen molar-refractivity contribution in [2.24, 2.45) is 0 Å². The Kier molecular flexibility index (Phi) is 7.32. The third-order valence-electron chi connectivity index (χ3n) is 3.88. The number of nitrogens with one attached hydrogen (secondary N) is 2. The van der Waals surface area contributed by atoms with Crippen molar-refractivity contribution in [3.63, 3.8) is 0 Å². The smallest absolute Gasteiger partial charge is 0.291 e. The van der Waals surface area contributed by atoms with Crippen LogP contribution in [0.3, 0.4) is 0 Å². The van der Waals surface area contributed by atoms with Crippen molar-refractivity contribution < 1.29 is 18.7 Å². The summed E-state index contributed by atoms with van der Waals surface area (Å²) < 4.78 is 11.2. The SMILES string of the molecule is O=C(Cc1ccc(NC(=O)c2ccc(Br)o2)cc1)NCCOc1ccc(Cl)cc1. The molecule has 0 aliphatic rings. The van der Waals surface area contributed by atoms with Crippen molar-refractivity contribution in [3.8, 4) is 5.75 Å². The number of benzene rings is 2. The van der Waals surface area contributed by atoms with Crippen molar-refractivity contribution >= 4 is 45.0 Å². The molecule has 0 unspecified atom stereocenters. The van der Waals surface area contributed by atoms with Crippen LogP contribution in [0.25, 0.3) is 0 Å². The van der Waals surface area contributed by atoms with Crippen molar-refractivity contribution in [1.29, 1.82) is 0 Å². The van der Waals surface area contributed by atoms with E-state index in [-0.39, 0.29) is 24.0 Å². The summed E-state index contributed by atoms with van der Waals surface area (Å²) in [6.45, 7) is 0.759. The first-order valence-corrected chi connectivity index (χ1v) is 9.97. The Balaban J connectivity index is 1.40. The summed E-state index contributed by atoms with van der Waals surface area (Å²) in [4.78, 5) is 24.1. The van der Waals surface area contributed by atoms with Crippen molar-refractivity contribution in [3.05, 3.63) is 81.7 Å². The number of rotatable bonds is 8. The molecule has 6 nitrogen and oxygen atoms in total. The van der Waals surface area contributed by atoms with E-state index < -0.39 is 0 Å². The fourth-order valence-electron chi connectivity index (χ4n) is 2.47. The summed E-state index contributed by atoms with van der Waals surface area (Å²) >= 11 is 8.97. The molecule has 2 aromatic carbocycles. The number of halogens is 2. The second-order valence-electron chi connectivity index (χ2n) is 6.08. The van der Waals surface area contributed by atoms with Gasteiger partial charge < -0.3 is 19.8 Å². The third kappa shape index (κ3) is 6.66. The van der Waals surface area contributed by atoms with E-state index in [1.165, 1.54) is 0 Å². The van der Waals surface area contributed by atoms with E-state index in [2.05, 4.69) is 26.6 Å². The predicted octanol–water partition coefficient (Wildman–Crippen LogP) is 4.69. The number of hydrogen-bond donors (Lipinski definition) is 2. The summed E-state index contributed by atoms with van der Waals surface area (Å²) in [5.41, 5.74) is 1.45. The molecule has 3 rings (SSSR count). The van der Waals surface area contributed by atoms with E-state index in [0.29, 0.717) is 34.3 Å². The van der Waals surface area contributed by atoms with Gasteiger partial charge in [0.15, 0.2) is 10.4 Å². The molecular formula is C21H18BrClN2O4. The zero-order chi connectivity index (χ0) is 20.6. The molecule has 0 atom stereocenters. The lowest BCUT2D eigenvalue weighted by atomic mass is 10.1. The Morgan fingerprint density at radius 3 is 2.38 bits per heavy atom. The molecule has 0 saturated carbocycles. The molecule has 0 spiro atoms. The molecule has 0 fully saturated rings. The number of furan rings is 1. The highest BCUT2D eigenvalue weighted by atomic mass is 79.9. The van der Waals surface area contributed by atoms with Crippen LogP contribution in [0.2, 0.25) is 5.02 Å². The van der Waals surface area contributed by atoms with Crippen LogP contribution in [0.15, 0.2) is 69.8 Å².